The van der Waals surface area contributed by atoms with E-state index in [4.69, 9.17) is 0 Å². The third-order valence-electron chi connectivity index (χ3n) is 2.70. The van der Waals surface area contributed by atoms with E-state index in [9.17, 15) is 4.39 Å². The molecule has 0 saturated carbocycles. The molecule has 0 N–H and O–H groups in total. The Hall–Kier alpha value is -1.22. The van der Waals surface area contributed by atoms with Gasteiger partial charge in [0.1, 0.15) is 5.82 Å². The van der Waals surface area contributed by atoms with Gasteiger partial charge in [0.2, 0.25) is 0 Å². The summed E-state index contributed by atoms with van der Waals surface area (Å²) in [6.45, 7) is 4.33. The van der Waals surface area contributed by atoms with Gasteiger partial charge in [0.05, 0.1) is 10.7 Å². The van der Waals surface area contributed by atoms with Gasteiger partial charge in [0.25, 0.3) is 0 Å². The number of nitrogens with zero attached hydrogens (tertiary/aromatic N) is 1. The number of thiazole rings is 1. The molecule has 2 rings (SSSR count). The minimum Gasteiger partial charge on any atom is -0.241 e. The van der Waals surface area contributed by atoms with Gasteiger partial charge in [-0.1, -0.05) is 13.8 Å². The minimum atomic E-state index is -0.207. The van der Waals surface area contributed by atoms with Crippen molar-refractivity contribution < 1.29 is 4.39 Å². The molecule has 2 aromatic rings. The Morgan fingerprint density at radius 1 is 1.31 bits per heavy atom. The van der Waals surface area contributed by atoms with E-state index in [0.717, 1.165) is 22.7 Å². The second-order valence-corrected chi connectivity index (χ2v) is 4.78. The number of halogens is 1. The van der Waals surface area contributed by atoms with Gasteiger partial charge in [-0.2, -0.15) is 0 Å². The highest BCUT2D eigenvalue weighted by atomic mass is 32.1. The SMILES string of the molecule is CCC(C)c1nc(-c2ccc(F)cc2)cs1. The van der Waals surface area contributed by atoms with E-state index in [2.05, 4.69) is 18.8 Å². The molecule has 1 nitrogen and oxygen atoms in total. The highest BCUT2D eigenvalue weighted by molar-refractivity contribution is 7.10. The van der Waals surface area contributed by atoms with Crippen LogP contribution in [-0.2, 0) is 0 Å². The van der Waals surface area contributed by atoms with Crippen LogP contribution in [0, 0.1) is 5.82 Å². The lowest BCUT2D eigenvalue weighted by atomic mass is 10.1. The Morgan fingerprint density at radius 2 is 2.00 bits per heavy atom. The zero-order valence-electron chi connectivity index (χ0n) is 9.40. The van der Waals surface area contributed by atoms with E-state index >= 15 is 0 Å². The average molecular weight is 235 g/mol. The van der Waals surface area contributed by atoms with Crippen LogP contribution in [0.5, 0.6) is 0 Å². The lowest BCUT2D eigenvalue weighted by molar-refractivity contribution is 0.628. The number of hydrogen-bond donors (Lipinski definition) is 0. The molecule has 0 fully saturated rings. The minimum absolute atomic E-state index is 0.207. The molecule has 1 heterocycles. The van der Waals surface area contributed by atoms with E-state index < -0.39 is 0 Å². The largest absolute Gasteiger partial charge is 0.241 e. The van der Waals surface area contributed by atoms with Crippen molar-refractivity contribution in [2.24, 2.45) is 0 Å². The quantitative estimate of drug-likeness (QED) is 0.765. The summed E-state index contributed by atoms with van der Waals surface area (Å²) in [5.41, 5.74) is 1.92. The van der Waals surface area contributed by atoms with Crippen molar-refractivity contribution in [1.29, 1.82) is 0 Å². The first-order valence-electron chi connectivity index (χ1n) is 5.42. The van der Waals surface area contributed by atoms with Crippen molar-refractivity contribution in [2.75, 3.05) is 0 Å². The number of hydrogen-bond acceptors (Lipinski definition) is 2. The summed E-state index contributed by atoms with van der Waals surface area (Å²) in [6, 6.07) is 6.48. The van der Waals surface area contributed by atoms with E-state index in [1.54, 1.807) is 23.5 Å². The third kappa shape index (κ3) is 2.30. The first-order valence-corrected chi connectivity index (χ1v) is 6.30. The van der Waals surface area contributed by atoms with Crippen LogP contribution in [-0.4, -0.2) is 4.98 Å². The second kappa shape index (κ2) is 4.74. The fourth-order valence-electron chi connectivity index (χ4n) is 1.44. The van der Waals surface area contributed by atoms with Crippen LogP contribution in [0.2, 0.25) is 0 Å². The molecule has 1 aromatic carbocycles. The van der Waals surface area contributed by atoms with Crippen LogP contribution < -0.4 is 0 Å². The van der Waals surface area contributed by atoms with Gasteiger partial charge < -0.3 is 0 Å². The molecule has 1 aromatic heterocycles. The summed E-state index contributed by atoms with van der Waals surface area (Å²) in [4.78, 5) is 4.58. The predicted molar refractivity (Wildman–Crippen MR) is 66.2 cm³/mol. The molecule has 1 unspecified atom stereocenters. The number of aromatic nitrogens is 1. The van der Waals surface area contributed by atoms with E-state index in [0.29, 0.717) is 5.92 Å². The van der Waals surface area contributed by atoms with Crippen LogP contribution in [0.1, 0.15) is 31.2 Å². The lowest BCUT2D eigenvalue weighted by Gasteiger charge is -2.02. The molecule has 16 heavy (non-hydrogen) atoms. The molecule has 0 aliphatic heterocycles. The Kier molecular flexibility index (Phi) is 3.34. The van der Waals surface area contributed by atoms with Crippen molar-refractivity contribution in [3.8, 4) is 11.3 Å². The third-order valence-corrected chi connectivity index (χ3v) is 3.77. The maximum absolute atomic E-state index is 12.8. The van der Waals surface area contributed by atoms with Gasteiger partial charge in [-0.3, -0.25) is 0 Å². The summed E-state index contributed by atoms with van der Waals surface area (Å²) in [5, 5.41) is 3.19. The van der Waals surface area contributed by atoms with E-state index in [1.807, 2.05) is 5.38 Å². The van der Waals surface area contributed by atoms with Crippen LogP contribution in [0.25, 0.3) is 11.3 Å². The predicted octanol–water partition coefficient (Wildman–Crippen LogP) is 4.46. The molecule has 0 radical (unpaired) electrons. The zero-order chi connectivity index (χ0) is 11.5. The van der Waals surface area contributed by atoms with Crippen molar-refractivity contribution in [3.63, 3.8) is 0 Å². The maximum Gasteiger partial charge on any atom is 0.123 e. The molecule has 3 heteroatoms. The summed E-state index contributed by atoms with van der Waals surface area (Å²) >= 11 is 1.68. The number of benzene rings is 1. The Bertz CT molecular complexity index is 461. The van der Waals surface area contributed by atoms with Crippen molar-refractivity contribution >= 4 is 11.3 Å². The van der Waals surface area contributed by atoms with Crippen LogP contribution in [0.4, 0.5) is 4.39 Å². The Morgan fingerprint density at radius 3 is 2.62 bits per heavy atom. The van der Waals surface area contributed by atoms with Crippen LogP contribution in [0.3, 0.4) is 0 Å². The molecule has 0 aliphatic rings. The molecular weight excluding hydrogens is 221 g/mol. The van der Waals surface area contributed by atoms with Gasteiger partial charge in [-0.05, 0) is 30.7 Å². The van der Waals surface area contributed by atoms with Crippen molar-refractivity contribution in [2.45, 2.75) is 26.2 Å². The van der Waals surface area contributed by atoms with Crippen LogP contribution in [0.15, 0.2) is 29.6 Å². The van der Waals surface area contributed by atoms with E-state index in [-0.39, 0.29) is 5.82 Å². The Balaban J connectivity index is 2.28. The van der Waals surface area contributed by atoms with Gasteiger partial charge in [-0.25, -0.2) is 9.37 Å². The second-order valence-electron chi connectivity index (χ2n) is 3.89. The van der Waals surface area contributed by atoms with Gasteiger partial charge in [0.15, 0.2) is 0 Å². The highest BCUT2D eigenvalue weighted by Crippen LogP contribution is 2.27. The molecule has 0 spiro atoms. The molecule has 84 valence electrons. The normalized spacial score (nSPS) is 12.7. The summed E-state index contributed by atoms with van der Waals surface area (Å²) < 4.78 is 12.8. The van der Waals surface area contributed by atoms with Gasteiger partial charge in [-0.15, -0.1) is 11.3 Å². The van der Waals surface area contributed by atoms with Crippen LogP contribution >= 0.6 is 11.3 Å². The maximum atomic E-state index is 12.8. The first kappa shape index (κ1) is 11.3. The molecule has 0 saturated heterocycles. The molecule has 0 aliphatic carbocycles. The fraction of sp³-hybridized carbons (Fsp3) is 0.308. The monoisotopic (exact) mass is 235 g/mol. The van der Waals surface area contributed by atoms with Crippen molar-refractivity contribution in [1.82, 2.24) is 4.98 Å². The number of rotatable bonds is 3. The van der Waals surface area contributed by atoms with Gasteiger partial charge in [0, 0.05) is 16.9 Å². The highest BCUT2D eigenvalue weighted by Gasteiger charge is 2.09. The van der Waals surface area contributed by atoms with E-state index in [1.165, 1.54) is 12.1 Å². The molecular formula is C13H14FNS. The fourth-order valence-corrected chi connectivity index (χ4v) is 2.41. The summed E-state index contributed by atoms with van der Waals surface area (Å²) in [5.74, 6) is 0.292. The Labute approximate surface area is 99.0 Å². The molecule has 0 amide bonds. The lowest BCUT2D eigenvalue weighted by Crippen LogP contribution is -1.89. The summed E-state index contributed by atoms with van der Waals surface area (Å²) in [7, 11) is 0. The van der Waals surface area contributed by atoms with Crippen molar-refractivity contribution in [3.05, 3.63) is 40.5 Å². The zero-order valence-corrected chi connectivity index (χ0v) is 10.2. The summed E-state index contributed by atoms with van der Waals surface area (Å²) in [6.07, 6.45) is 1.09. The topological polar surface area (TPSA) is 12.9 Å². The standard InChI is InChI=1S/C13H14FNS/c1-3-9(2)13-15-12(8-16-13)10-4-6-11(14)7-5-10/h4-9H,3H2,1-2H3. The molecule has 1 atom stereocenters. The molecule has 0 bridgehead atoms. The van der Waals surface area contributed by atoms with Gasteiger partial charge >= 0.3 is 0 Å². The smallest absolute Gasteiger partial charge is 0.123 e. The average Bonchev–Trinajstić information content (AvgIpc) is 2.78. The first-order chi connectivity index (χ1) is 7.70.